The molecule has 0 bridgehead atoms. The number of benzene rings is 1. The Labute approximate surface area is 122 Å². The molecule has 5 heteroatoms. The quantitative estimate of drug-likeness (QED) is 0.860. The number of nitrogens with two attached hydrogens (primary N) is 1. The van der Waals surface area contributed by atoms with E-state index in [2.05, 4.69) is 10.8 Å². The third-order valence-corrected chi connectivity index (χ3v) is 4.02. The first-order chi connectivity index (χ1) is 9.19. The number of rotatable bonds is 6. The summed E-state index contributed by atoms with van der Waals surface area (Å²) in [6, 6.07) is 3.83. The number of aromatic nitrogens is 1. The van der Waals surface area contributed by atoms with Gasteiger partial charge in [0.05, 0.1) is 15.6 Å². The molecule has 1 aromatic carbocycles. The van der Waals surface area contributed by atoms with Crippen molar-refractivity contribution < 1.29 is 5.11 Å². The van der Waals surface area contributed by atoms with Gasteiger partial charge < -0.3 is 15.4 Å². The molecule has 2 aromatic rings. The van der Waals surface area contributed by atoms with E-state index in [4.69, 9.17) is 34.0 Å². The molecular formula is C14H18Cl2N2O. The zero-order valence-corrected chi connectivity index (χ0v) is 12.2. The number of aliphatic hydroxyl groups excluding tert-OH is 1. The van der Waals surface area contributed by atoms with E-state index >= 15 is 0 Å². The number of aryl methyl sites for hydroxylation is 2. The summed E-state index contributed by atoms with van der Waals surface area (Å²) in [7, 11) is 0. The molecule has 1 heterocycles. The highest BCUT2D eigenvalue weighted by atomic mass is 35.5. The monoisotopic (exact) mass is 300 g/mol. The van der Waals surface area contributed by atoms with Crippen LogP contribution in [0, 0.1) is 0 Å². The molecular weight excluding hydrogens is 283 g/mol. The first kappa shape index (κ1) is 14.7. The fraction of sp³-hybridized carbons (Fsp3) is 0.429. The molecule has 0 saturated carbocycles. The van der Waals surface area contributed by atoms with E-state index in [9.17, 15) is 0 Å². The van der Waals surface area contributed by atoms with Crippen molar-refractivity contribution in [3.05, 3.63) is 33.9 Å². The van der Waals surface area contributed by atoms with E-state index in [0.29, 0.717) is 23.0 Å². The Morgan fingerprint density at radius 2 is 2.00 bits per heavy atom. The molecule has 3 N–H and O–H groups in total. The Morgan fingerprint density at radius 3 is 2.68 bits per heavy atom. The van der Waals surface area contributed by atoms with Crippen molar-refractivity contribution in [2.24, 2.45) is 5.73 Å². The Balaban J connectivity index is 2.49. The summed E-state index contributed by atoms with van der Waals surface area (Å²) in [5.41, 5.74) is 7.76. The van der Waals surface area contributed by atoms with Crippen molar-refractivity contribution >= 4 is 34.1 Å². The van der Waals surface area contributed by atoms with Gasteiger partial charge in [-0.1, -0.05) is 29.3 Å². The normalized spacial score (nSPS) is 11.4. The van der Waals surface area contributed by atoms with Crippen LogP contribution in [0.5, 0.6) is 0 Å². The zero-order valence-electron chi connectivity index (χ0n) is 10.7. The van der Waals surface area contributed by atoms with Gasteiger partial charge in [-0.05, 0) is 37.4 Å². The molecule has 0 aliphatic heterocycles. The first-order valence-electron chi connectivity index (χ1n) is 6.45. The molecule has 104 valence electrons. The fourth-order valence-corrected chi connectivity index (χ4v) is 2.74. The van der Waals surface area contributed by atoms with E-state index in [1.165, 1.54) is 5.56 Å². The maximum atomic E-state index is 8.98. The van der Waals surface area contributed by atoms with Gasteiger partial charge in [0.1, 0.15) is 0 Å². The maximum Gasteiger partial charge on any atom is 0.0835 e. The number of hydrogen-bond acceptors (Lipinski definition) is 2. The van der Waals surface area contributed by atoms with E-state index in [1.54, 1.807) is 0 Å². The minimum Gasteiger partial charge on any atom is -0.396 e. The molecule has 0 radical (unpaired) electrons. The molecule has 0 atom stereocenters. The Kier molecular flexibility index (Phi) is 5.11. The Morgan fingerprint density at radius 1 is 1.21 bits per heavy atom. The molecule has 0 unspecified atom stereocenters. The van der Waals surface area contributed by atoms with Crippen molar-refractivity contribution in [1.82, 2.24) is 4.57 Å². The van der Waals surface area contributed by atoms with E-state index < -0.39 is 0 Å². The molecule has 19 heavy (non-hydrogen) atoms. The Hall–Kier alpha value is -0.740. The predicted octanol–water partition coefficient (Wildman–Crippen LogP) is 3.22. The van der Waals surface area contributed by atoms with Crippen LogP contribution in [0.4, 0.5) is 0 Å². The van der Waals surface area contributed by atoms with Gasteiger partial charge in [-0.2, -0.15) is 0 Å². The smallest absolute Gasteiger partial charge is 0.0835 e. The van der Waals surface area contributed by atoms with Crippen LogP contribution >= 0.6 is 23.2 Å². The number of aliphatic hydroxyl groups is 1. The van der Waals surface area contributed by atoms with Crippen LogP contribution < -0.4 is 5.73 Å². The minimum absolute atomic E-state index is 0.163. The number of nitrogens with zero attached hydrogens (tertiary/aromatic N) is 1. The van der Waals surface area contributed by atoms with Gasteiger partial charge in [0.15, 0.2) is 0 Å². The molecule has 3 nitrogen and oxygen atoms in total. The molecule has 1 aromatic heterocycles. The summed E-state index contributed by atoms with van der Waals surface area (Å²) in [6.45, 7) is 1.57. The topological polar surface area (TPSA) is 51.2 Å². The van der Waals surface area contributed by atoms with Crippen LogP contribution in [-0.4, -0.2) is 22.8 Å². The lowest BCUT2D eigenvalue weighted by Gasteiger charge is -2.06. The lowest BCUT2D eigenvalue weighted by atomic mass is 10.1. The van der Waals surface area contributed by atoms with E-state index in [-0.39, 0.29) is 6.61 Å². The standard InChI is InChI=1S/C14H18Cl2N2O/c15-12-5-4-11-10(3-1-6-17)9-18(7-2-8-19)14(11)13(12)16/h4-5,9,19H,1-3,6-8,17H2. The van der Waals surface area contributed by atoms with Crippen LogP contribution in [0.15, 0.2) is 18.3 Å². The SMILES string of the molecule is NCCCc1cn(CCCO)c2c(Cl)c(Cl)ccc12. The largest absolute Gasteiger partial charge is 0.396 e. The highest BCUT2D eigenvalue weighted by Crippen LogP contribution is 2.34. The Bertz CT molecular complexity index is 566. The molecule has 0 aliphatic rings. The van der Waals surface area contributed by atoms with Crippen molar-refractivity contribution in [1.29, 1.82) is 0 Å². The van der Waals surface area contributed by atoms with Gasteiger partial charge in [-0.15, -0.1) is 0 Å². The van der Waals surface area contributed by atoms with Gasteiger partial charge in [0, 0.05) is 24.7 Å². The summed E-state index contributed by atoms with van der Waals surface area (Å²) in [5.74, 6) is 0. The predicted molar refractivity (Wildman–Crippen MR) is 81.0 cm³/mol. The summed E-state index contributed by atoms with van der Waals surface area (Å²) in [6.07, 6.45) is 4.66. The average Bonchev–Trinajstić information content (AvgIpc) is 2.77. The van der Waals surface area contributed by atoms with E-state index in [1.807, 2.05) is 12.1 Å². The molecule has 0 aliphatic carbocycles. The van der Waals surface area contributed by atoms with Crippen molar-refractivity contribution in [3.8, 4) is 0 Å². The lowest BCUT2D eigenvalue weighted by molar-refractivity contribution is 0.280. The average molecular weight is 301 g/mol. The van der Waals surface area contributed by atoms with Crippen LogP contribution in [0.1, 0.15) is 18.4 Å². The van der Waals surface area contributed by atoms with Crippen LogP contribution in [0.3, 0.4) is 0 Å². The van der Waals surface area contributed by atoms with Crippen molar-refractivity contribution in [2.75, 3.05) is 13.2 Å². The number of hydrogen-bond donors (Lipinski definition) is 2. The number of fused-ring (bicyclic) bond motifs is 1. The second-order valence-corrected chi connectivity index (χ2v) is 5.36. The molecule has 2 rings (SSSR count). The number of halogens is 2. The molecule has 0 fully saturated rings. The van der Waals surface area contributed by atoms with Crippen molar-refractivity contribution in [2.45, 2.75) is 25.8 Å². The third-order valence-electron chi connectivity index (χ3n) is 3.22. The van der Waals surface area contributed by atoms with Gasteiger partial charge in [0.2, 0.25) is 0 Å². The summed E-state index contributed by atoms with van der Waals surface area (Å²) in [4.78, 5) is 0. The third kappa shape index (κ3) is 3.06. The molecule has 0 spiro atoms. The van der Waals surface area contributed by atoms with Gasteiger partial charge in [-0.25, -0.2) is 0 Å². The lowest BCUT2D eigenvalue weighted by Crippen LogP contribution is -2.00. The van der Waals surface area contributed by atoms with E-state index in [0.717, 1.165) is 30.3 Å². The van der Waals surface area contributed by atoms with Gasteiger partial charge in [0.25, 0.3) is 0 Å². The van der Waals surface area contributed by atoms with Gasteiger partial charge >= 0.3 is 0 Å². The minimum atomic E-state index is 0.163. The van der Waals surface area contributed by atoms with Gasteiger partial charge in [-0.3, -0.25) is 0 Å². The first-order valence-corrected chi connectivity index (χ1v) is 7.21. The van der Waals surface area contributed by atoms with Crippen LogP contribution in [0.2, 0.25) is 10.0 Å². The maximum absolute atomic E-state index is 8.98. The van der Waals surface area contributed by atoms with Crippen molar-refractivity contribution in [3.63, 3.8) is 0 Å². The van der Waals surface area contributed by atoms with Crippen LogP contribution in [-0.2, 0) is 13.0 Å². The van der Waals surface area contributed by atoms with Crippen LogP contribution in [0.25, 0.3) is 10.9 Å². The molecule has 0 saturated heterocycles. The fourth-order valence-electron chi connectivity index (χ4n) is 2.31. The summed E-state index contributed by atoms with van der Waals surface area (Å²) < 4.78 is 2.08. The highest BCUT2D eigenvalue weighted by Gasteiger charge is 2.13. The second-order valence-electron chi connectivity index (χ2n) is 4.57. The zero-order chi connectivity index (χ0) is 13.8. The summed E-state index contributed by atoms with van der Waals surface area (Å²) >= 11 is 12.4. The summed E-state index contributed by atoms with van der Waals surface area (Å²) in [5, 5.41) is 11.2. The second kappa shape index (κ2) is 6.62. The highest BCUT2D eigenvalue weighted by molar-refractivity contribution is 6.45. The molecule has 0 amide bonds.